The number of halogens is 1. The number of aliphatic imine (C=N–C) groups is 1. The van der Waals surface area contributed by atoms with Gasteiger partial charge in [-0.05, 0) is 74.7 Å². The third-order valence-electron chi connectivity index (χ3n) is 5.15. The van der Waals surface area contributed by atoms with Crippen molar-refractivity contribution in [3.8, 4) is 0 Å². The minimum atomic E-state index is -1.23. The first-order valence-corrected chi connectivity index (χ1v) is 12.0. The first kappa shape index (κ1) is 23.8. The Morgan fingerprint density at radius 2 is 1.79 bits per heavy atom. The van der Waals surface area contributed by atoms with Crippen LogP contribution in [0.15, 0.2) is 87.2 Å². The molecule has 1 aliphatic rings. The van der Waals surface area contributed by atoms with Crippen molar-refractivity contribution in [1.29, 1.82) is 0 Å². The third-order valence-corrected chi connectivity index (χ3v) is 6.79. The molecule has 172 valence electrons. The van der Waals surface area contributed by atoms with Crippen LogP contribution in [0.3, 0.4) is 0 Å². The fourth-order valence-electron chi connectivity index (χ4n) is 3.40. The molecule has 0 aliphatic carbocycles. The summed E-state index contributed by atoms with van der Waals surface area (Å²) in [6.07, 6.45) is 1.86. The predicted molar refractivity (Wildman–Crippen MR) is 139 cm³/mol. The SMILES string of the molecule is CN(C)c1ccc(/C=C2\SC(=Nc3ccccc3)N(Cc3ccc(C(=O)[O-])cc3)C2=O)cc1Br. The van der Waals surface area contributed by atoms with E-state index >= 15 is 0 Å². The first-order valence-electron chi connectivity index (χ1n) is 10.4. The summed E-state index contributed by atoms with van der Waals surface area (Å²) in [6, 6.07) is 21.7. The van der Waals surface area contributed by atoms with Crippen LogP contribution in [0.2, 0.25) is 0 Å². The van der Waals surface area contributed by atoms with Gasteiger partial charge in [0.05, 0.1) is 28.8 Å². The summed E-state index contributed by atoms with van der Waals surface area (Å²) in [5.74, 6) is -1.39. The van der Waals surface area contributed by atoms with Gasteiger partial charge >= 0.3 is 0 Å². The summed E-state index contributed by atoms with van der Waals surface area (Å²) >= 11 is 4.92. The number of amides is 1. The highest BCUT2D eigenvalue weighted by Crippen LogP contribution is 2.36. The van der Waals surface area contributed by atoms with Crippen molar-refractivity contribution in [3.63, 3.8) is 0 Å². The van der Waals surface area contributed by atoms with Crippen molar-refractivity contribution in [3.05, 3.63) is 98.9 Å². The van der Waals surface area contributed by atoms with Crippen LogP contribution >= 0.6 is 27.7 Å². The van der Waals surface area contributed by atoms with Crippen molar-refractivity contribution in [2.24, 2.45) is 4.99 Å². The van der Waals surface area contributed by atoms with Gasteiger partial charge in [-0.25, -0.2) is 4.99 Å². The van der Waals surface area contributed by atoms with E-state index in [0.717, 1.165) is 27.0 Å². The summed E-state index contributed by atoms with van der Waals surface area (Å²) in [5.41, 5.74) is 3.57. The average Bonchev–Trinajstić information content (AvgIpc) is 3.08. The second-order valence-electron chi connectivity index (χ2n) is 7.82. The molecule has 4 rings (SSSR count). The number of para-hydroxylation sites is 1. The van der Waals surface area contributed by atoms with Crippen LogP contribution in [-0.4, -0.2) is 36.0 Å². The topological polar surface area (TPSA) is 76.0 Å². The lowest BCUT2D eigenvalue weighted by atomic mass is 10.1. The highest BCUT2D eigenvalue weighted by molar-refractivity contribution is 9.10. The van der Waals surface area contributed by atoms with Crippen molar-refractivity contribution in [2.45, 2.75) is 6.54 Å². The van der Waals surface area contributed by atoms with E-state index < -0.39 is 5.97 Å². The van der Waals surface area contributed by atoms with E-state index in [2.05, 4.69) is 15.9 Å². The number of carboxylic acids is 1. The molecule has 1 aliphatic heterocycles. The molecular formula is C26H21BrN3O3S-. The number of carboxylic acid groups (broad SMARTS) is 1. The van der Waals surface area contributed by atoms with Crippen LogP contribution in [-0.2, 0) is 11.3 Å². The molecule has 0 radical (unpaired) electrons. The molecule has 3 aromatic carbocycles. The molecular weight excluding hydrogens is 514 g/mol. The summed E-state index contributed by atoms with van der Waals surface area (Å²) in [6.45, 7) is 0.269. The molecule has 1 saturated heterocycles. The molecule has 1 fully saturated rings. The van der Waals surface area contributed by atoms with Crippen LogP contribution < -0.4 is 10.0 Å². The Morgan fingerprint density at radius 3 is 2.41 bits per heavy atom. The number of anilines is 1. The number of carbonyl (C=O) groups excluding carboxylic acids is 2. The summed E-state index contributed by atoms with van der Waals surface area (Å²) < 4.78 is 0.935. The number of benzene rings is 3. The number of rotatable bonds is 6. The van der Waals surface area contributed by atoms with E-state index in [1.54, 1.807) is 17.0 Å². The molecule has 0 saturated carbocycles. The molecule has 0 spiro atoms. The molecule has 34 heavy (non-hydrogen) atoms. The average molecular weight is 535 g/mol. The fourth-order valence-corrected chi connectivity index (χ4v) is 5.15. The normalized spacial score (nSPS) is 15.9. The third kappa shape index (κ3) is 5.40. The molecule has 3 aromatic rings. The first-order chi connectivity index (χ1) is 16.3. The van der Waals surface area contributed by atoms with Gasteiger partial charge in [0.2, 0.25) is 0 Å². The molecule has 0 N–H and O–H groups in total. The maximum Gasteiger partial charge on any atom is 0.267 e. The van der Waals surface area contributed by atoms with Crippen molar-refractivity contribution < 1.29 is 14.7 Å². The number of amidine groups is 1. The van der Waals surface area contributed by atoms with Crippen LogP contribution in [0.4, 0.5) is 11.4 Å². The van der Waals surface area contributed by atoms with Crippen LogP contribution in [0, 0.1) is 0 Å². The monoisotopic (exact) mass is 534 g/mol. The maximum absolute atomic E-state index is 13.4. The van der Waals surface area contributed by atoms with Crippen molar-refractivity contribution in [2.75, 3.05) is 19.0 Å². The van der Waals surface area contributed by atoms with E-state index in [0.29, 0.717) is 10.1 Å². The van der Waals surface area contributed by atoms with E-state index in [1.807, 2.05) is 73.6 Å². The van der Waals surface area contributed by atoms with Crippen LogP contribution in [0.25, 0.3) is 6.08 Å². The molecule has 1 heterocycles. The van der Waals surface area contributed by atoms with Crippen molar-refractivity contribution >= 4 is 62.2 Å². The van der Waals surface area contributed by atoms with Gasteiger partial charge in [-0.3, -0.25) is 9.69 Å². The zero-order valence-corrected chi connectivity index (χ0v) is 21.0. The Morgan fingerprint density at radius 1 is 1.09 bits per heavy atom. The zero-order valence-electron chi connectivity index (χ0n) is 18.6. The molecule has 0 aromatic heterocycles. The number of hydrogen-bond acceptors (Lipinski definition) is 6. The molecule has 6 nitrogen and oxygen atoms in total. The summed E-state index contributed by atoms with van der Waals surface area (Å²) in [4.78, 5) is 33.3. The Hall–Kier alpha value is -3.36. The van der Waals surface area contributed by atoms with Gasteiger partial charge in [0.25, 0.3) is 5.91 Å². The Labute approximate surface area is 210 Å². The van der Waals surface area contributed by atoms with Gasteiger partial charge in [0, 0.05) is 18.6 Å². The van der Waals surface area contributed by atoms with Crippen LogP contribution in [0.1, 0.15) is 21.5 Å². The van der Waals surface area contributed by atoms with Gasteiger partial charge < -0.3 is 14.8 Å². The highest BCUT2D eigenvalue weighted by Gasteiger charge is 2.33. The summed E-state index contributed by atoms with van der Waals surface area (Å²) in [7, 11) is 3.94. The quantitative estimate of drug-likeness (QED) is 0.429. The lowest BCUT2D eigenvalue weighted by molar-refractivity contribution is -0.255. The highest BCUT2D eigenvalue weighted by atomic mass is 79.9. The largest absolute Gasteiger partial charge is 0.545 e. The number of aromatic carboxylic acids is 1. The number of thioether (sulfide) groups is 1. The molecule has 1 amide bonds. The smallest absolute Gasteiger partial charge is 0.267 e. The number of nitrogens with zero attached hydrogens (tertiary/aromatic N) is 3. The van der Waals surface area contributed by atoms with E-state index in [-0.39, 0.29) is 18.0 Å². The molecule has 0 unspecified atom stereocenters. The minimum Gasteiger partial charge on any atom is -0.545 e. The van der Waals surface area contributed by atoms with Gasteiger partial charge in [-0.15, -0.1) is 0 Å². The molecule has 8 heteroatoms. The van der Waals surface area contributed by atoms with Gasteiger partial charge in [0.1, 0.15) is 0 Å². The van der Waals surface area contributed by atoms with E-state index in [4.69, 9.17) is 4.99 Å². The van der Waals surface area contributed by atoms with Gasteiger partial charge in [-0.2, -0.15) is 0 Å². The lowest BCUT2D eigenvalue weighted by Crippen LogP contribution is -2.28. The Balaban J connectivity index is 1.67. The van der Waals surface area contributed by atoms with Gasteiger partial charge in [-0.1, -0.05) is 48.5 Å². The second-order valence-corrected chi connectivity index (χ2v) is 9.68. The standard InChI is InChI=1S/C26H22BrN3O3S/c1-29(2)22-13-10-18(14-21(22)27)15-23-24(31)30(16-17-8-11-19(12-9-17)25(32)33)26(34-23)28-20-6-4-3-5-7-20/h3-15H,16H2,1-2H3,(H,32,33)/p-1/b23-15-,28-26?. The Kier molecular flexibility index (Phi) is 7.19. The fraction of sp³-hybridized carbons (Fsp3) is 0.115. The predicted octanol–water partition coefficient (Wildman–Crippen LogP) is 4.68. The van der Waals surface area contributed by atoms with E-state index in [9.17, 15) is 14.7 Å². The van der Waals surface area contributed by atoms with E-state index in [1.165, 1.54) is 23.9 Å². The molecule has 0 atom stereocenters. The second kappa shape index (κ2) is 10.3. The molecule has 0 bridgehead atoms. The summed E-state index contributed by atoms with van der Waals surface area (Å²) in [5, 5.41) is 11.6. The zero-order chi connectivity index (χ0) is 24.2. The van der Waals surface area contributed by atoms with Gasteiger partial charge in [0.15, 0.2) is 5.17 Å². The number of hydrogen-bond donors (Lipinski definition) is 0. The lowest BCUT2D eigenvalue weighted by Gasteiger charge is -2.16. The Bertz CT molecular complexity index is 1290. The minimum absolute atomic E-state index is 0.0939. The maximum atomic E-state index is 13.4. The van der Waals surface area contributed by atoms with Crippen LogP contribution in [0.5, 0.6) is 0 Å². The van der Waals surface area contributed by atoms with Crippen molar-refractivity contribution in [1.82, 2.24) is 4.90 Å². The number of carbonyl (C=O) groups is 2.